The van der Waals surface area contributed by atoms with Gasteiger partial charge in [-0.25, -0.2) is 9.59 Å². The molecule has 2 amide bonds. The number of amides is 2. The van der Waals surface area contributed by atoms with Crippen molar-refractivity contribution in [2.24, 2.45) is 7.05 Å². The number of hydrogen-bond acceptors (Lipinski definition) is 5. The second kappa shape index (κ2) is 8.50. The Labute approximate surface area is 150 Å². The van der Waals surface area contributed by atoms with E-state index in [0.717, 1.165) is 5.56 Å². The van der Waals surface area contributed by atoms with Crippen LogP contribution in [-0.4, -0.2) is 42.6 Å². The number of methoxy groups -OCH3 is 2. The molecule has 8 nitrogen and oxygen atoms in total. The van der Waals surface area contributed by atoms with Gasteiger partial charge in [-0.15, -0.1) is 0 Å². The number of urea groups is 1. The number of aryl methyl sites for hydroxylation is 1. The minimum absolute atomic E-state index is 0.162. The number of ether oxygens (including phenoxy) is 2. The number of aromatic nitrogens is 2. The van der Waals surface area contributed by atoms with E-state index in [9.17, 15) is 9.59 Å². The van der Waals surface area contributed by atoms with E-state index in [1.165, 1.54) is 18.0 Å². The molecular formula is C16H19ClN4O4. The highest BCUT2D eigenvalue weighted by Crippen LogP contribution is 2.18. The minimum Gasteiger partial charge on any atom is -0.465 e. The Kier molecular flexibility index (Phi) is 6.37. The molecule has 2 aromatic rings. The molecular weight excluding hydrogens is 348 g/mol. The first-order valence-corrected chi connectivity index (χ1v) is 7.76. The fourth-order valence-corrected chi connectivity index (χ4v) is 2.36. The fourth-order valence-electron chi connectivity index (χ4n) is 2.23. The zero-order valence-electron chi connectivity index (χ0n) is 14.1. The normalized spacial score (nSPS) is 11.7. The molecule has 9 heteroatoms. The van der Waals surface area contributed by atoms with Crippen LogP contribution in [0.3, 0.4) is 0 Å². The van der Waals surface area contributed by atoms with E-state index in [0.29, 0.717) is 5.02 Å². The third kappa shape index (κ3) is 4.71. The summed E-state index contributed by atoms with van der Waals surface area (Å²) in [5.41, 5.74) is 0.995. The summed E-state index contributed by atoms with van der Waals surface area (Å²) in [5.74, 6) is -0.355. The van der Waals surface area contributed by atoms with Crippen molar-refractivity contribution in [2.75, 3.05) is 26.1 Å². The molecule has 1 aromatic heterocycles. The van der Waals surface area contributed by atoms with Gasteiger partial charge in [0.2, 0.25) is 0 Å². The third-order valence-electron chi connectivity index (χ3n) is 3.49. The van der Waals surface area contributed by atoms with Gasteiger partial charge in [-0.2, -0.15) is 5.10 Å². The summed E-state index contributed by atoms with van der Waals surface area (Å²) in [5, 5.41) is 9.96. The Morgan fingerprint density at radius 2 is 1.96 bits per heavy atom. The maximum atomic E-state index is 12.4. The lowest BCUT2D eigenvalue weighted by atomic mass is 10.1. The Bertz CT molecular complexity index is 745. The molecule has 1 atom stereocenters. The number of nitrogens with one attached hydrogen (secondary N) is 2. The molecule has 0 saturated heterocycles. The van der Waals surface area contributed by atoms with E-state index in [1.54, 1.807) is 38.4 Å². The Morgan fingerprint density at radius 1 is 1.28 bits per heavy atom. The van der Waals surface area contributed by atoms with Gasteiger partial charge in [0.15, 0.2) is 0 Å². The number of benzene rings is 1. The van der Waals surface area contributed by atoms with Crippen LogP contribution in [0.5, 0.6) is 0 Å². The number of halogens is 1. The molecule has 2 N–H and O–H groups in total. The van der Waals surface area contributed by atoms with Crippen molar-refractivity contribution in [2.45, 2.75) is 6.04 Å². The molecule has 0 aliphatic carbocycles. The summed E-state index contributed by atoms with van der Waals surface area (Å²) in [6.45, 7) is 0.268. The number of hydrogen-bond donors (Lipinski definition) is 2. The molecule has 25 heavy (non-hydrogen) atoms. The average Bonchev–Trinajstić information content (AvgIpc) is 2.95. The largest absolute Gasteiger partial charge is 0.465 e. The fraction of sp³-hybridized carbons (Fsp3) is 0.312. The third-order valence-corrected chi connectivity index (χ3v) is 3.74. The van der Waals surface area contributed by atoms with E-state index < -0.39 is 18.0 Å². The predicted molar refractivity (Wildman–Crippen MR) is 92.8 cm³/mol. The van der Waals surface area contributed by atoms with Crippen LogP contribution in [0.25, 0.3) is 0 Å². The summed E-state index contributed by atoms with van der Waals surface area (Å²) in [7, 11) is 4.40. The van der Waals surface area contributed by atoms with Gasteiger partial charge in [-0.3, -0.25) is 10.00 Å². The Balaban J connectivity index is 2.13. The number of nitrogens with zero attached hydrogens (tertiary/aromatic N) is 2. The number of esters is 1. The zero-order valence-corrected chi connectivity index (χ0v) is 14.8. The SMILES string of the molecule is COCC(NC(=O)Nc1c(C(=O)OC)cnn1C)c1ccc(Cl)cc1. The van der Waals surface area contributed by atoms with Gasteiger partial charge < -0.3 is 14.8 Å². The zero-order chi connectivity index (χ0) is 18.4. The van der Waals surface area contributed by atoms with Gasteiger partial charge in [0.1, 0.15) is 11.4 Å². The summed E-state index contributed by atoms with van der Waals surface area (Å²) >= 11 is 5.89. The first-order valence-electron chi connectivity index (χ1n) is 7.38. The molecule has 1 heterocycles. The molecule has 0 aliphatic heterocycles. The van der Waals surface area contributed by atoms with E-state index in [1.807, 2.05) is 0 Å². The Hall–Kier alpha value is -2.58. The van der Waals surface area contributed by atoms with Crippen LogP contribution in [0.2, 0.25) is 5.02 Å². The van der Waals surface area contributed by atoms with Crippen LogP contribution >= 0.6 is 11.6 Å². The van der Waals surface area contributed by atoms with E-state index in [-0.39, 0.29) is 18.0 Å². The van der Waals surface area contributed by atoms with Crippen molar-refractivity contribution in [3.05, 3.63) is 46.6 Å². The quantitative estimate of drug-likeness (QED) is 0.765. The molecule has 0 saturated carbocycles. The standard InChI is InChI=1S/C16H19ClN4O4/c1-21-14(12(8-18-21)15(22)25-3)20-16(23)19-13(9-24-2)10-4-6-11(17)7-5-10/h4-8,13H,9H2,1-3H3,(H2,19,20,23). The highest BCUT2D eigenvalue weighted by atomic mass is 35.5. The summed E-state index contributed by atoms with van der Waals surface area (Å²) in [4.78, 5) is 24.1. The maximum absolute atomic E-state index is 12.4. The Morgan fingerprint density at radius 3 is 2.56 bits per heavy atom. The van der Waals surface area contributed by atoms with Crippen molar-refractivity contribution in [1.82, 2.24) is 15.1 Å². The van der Waals surface area contributed by atoms with Gasteiger partial charge in [0.05, 0.1) is 26.0 Å². The minimum atomic E-state index is -0.588. The number of carbonyl (C=O) groups excluding carboxylic acids is 2. The second-order valence-corrected chi connectivity index (χ2v) is 5.62. The highest BCUT2D eigenvalue weighted by Gasteiger charge is 2.20. The molecule has 1 aromatic carbocycles. The lowest BCUT2D eigenvalue weighted by Crippen LogP contribution is -2.35. The van der Waals surface area contributed by atoms with Crippen molar-refractivity contribution < 1.29 is 19.1 Å². The van der Waals surface area contributed by atoms with Crippen LogP contribution in [0, 0.1) is 0 Å². The van der Waals surface area contributed by atoms with Crippen LogP contribution in [-0.2, 0) is 16.5 Å². The van der Waals surface area contributed by atoms with Gasteiger partial charge in [0.25, 0.3) is 0 Å². The number of carbonyl (C=O) groups is 2. The summed E-state index contributed by atoms with van der Waals surface area (Å²) in [6.07, 6.45) is 1.33. The van der Waals surface area contributed by atoms with Crippen LogP contribution in [0.4, 0.5) is 10.6 Å². The van der Waals surface area contributed by atoms with Crippen molar-refractivity contribution in [3.8, 4) is 0 Å². The smallest absolute Gasteiger partial charge is 0.343 e. The summed E-state index contributed by atoms with van der Waals surface area (Å²) < 4.78 is 11.2. The van der Waals surface area contributed by atoms with Crippen molar-refractivity contribution in [1.29, 1.82) is 0 Å². The molecule has 1 unspecified atom stereocenters. The second-order valence-electron chi connectivity index (χ2n) is 5.18. The van der Waals surface area contributed by atoms with Crippen LogP contribution in [0.15, 0.2) is 30.5 Å². The summed E-state index contributed by atoms with van der Waals surface area (Å²) in [6, 6.07) is 6.17. The van der Waals surface area contributed by atoms with Crippen LogP contribution in [0.1, 0.15) is 22.0 Å². The molecule has 0 fully saturated rings. The monoisotopic (exact) mass is 366 g/mol. The lowest BCUT2D eigenvalue weighted by molar-refractivity contribution is 0.0602. The number of rotatable bonds is 6. The number of anilines is 1. The maximum Gasteiger partial charge on any atom is 0.343 e. The molecule has 0 spiro atoms. The molecule has 0 radical (unpaired) electrons. The highest BCUT2D eigenvalue weighted by molar-refractivity contribution is 6.30. The van der Waals surface area contributed by atoms with Gasteiger partial charge in [-0.1, -0.05) is 23.7 Å². The van der Waals surface area contributed by atoms with E-state index in [2.05, 4.69) is 20.5 Å². The van der Waals surface area contributed by atoms with Gasteiger partial charge in [-0.05, 0) is 17.7 Å². The van der Waals surface area contributed by atoms with Crippen molar-refractivity contribution in [3.63, 3.8) is 0 Å². The van der Waals surface area contributed by atoms with E-state index in [4.69, 9.17) is 16.3 Å². The van der Waals surface area contributed by atoms with Crippen LogP contribution < -0.4 is 10.6 Å². The molecule has 134 valence electrons. The first-order chi connectivity index (χ1) is 12.0. The average molecular weight is 367 g/mol. The lowest BCUT2D eigenvalue weighted by Gasteiger charge is -2.19. The predicted octanol–water partition coefficient (Wildman–Crippen LogP) is 2.37. The molecule has 2 rings (SSSR count). The van der Waals surface area contributed by atoms with E-state index >= 15 is 0 Å². The molecule has 0 bridgehead atoms. The van der Waals surface area contributed by atoms with Crippen molar-refractivity contribution >= 4 is 29.4 Å². The first kappa shape index (κ1) is 18.8. The molecule has 0 aliphatic rings. The van der Waals surface area contributed by atoms with Gasteiger partial charge in [0, 0.05) is 19.2 Å². The topological polar surface area (TPSA) is 94.5 Å². The van der Waals surface area contributed by atoms with Gasteiger partial charge >= 0.3 is 12.0 Å².